The molecule has 11 heteroatoms. The molecule has 2 unspecified atom stereocenters. The first-order valence-electron chi connectivity index (χ1n) is 4.39. The summed E-state index contributed by atoms with van der Waals surface area (Å²) < 4.78 is 0. The predicted molar refractivity (Wildman–Crippen MR) is 62.0 cm³/mol. The number of aliphatic carboxylic acids is 4. The molecular weight excluding hydrogens is 302 g/mol. The van der Waals surface area contributed by atoms with E-state index in [1.165, 1.54) is 0 Å². The number of nitrogens with one attached hydrogen (secondary N) is 1. The second-order valence-corrected chi connectivity index (χ2v) is 3.14. The Labute approximate surface area is 153 Å². The molecule has 0 amide bonds. The Morgan fingerprint density at radius 2 is 1.05 bits per heavy atom. The van der Waals surface area contributed by atoms with E-state index in [4.69, 9.17) is 20.4 Å². The molecule has 0 aliphatic rings. The van der Waals surface area contributed by atoms with E-state index in [9.17, 15) is 19.2 Å². The van der Waals surface area contributed by atoms with E-state index in [0.29, 0.717) is 0 Å². The molecule has 0 bridgehead atoms. The fourth-order valence-corrected chi connectivity index (χ4v) is 1.03. The van der Waals surface area contributed by atoms with E-state index in [0.717, 1.165) is 0 Å². The van der Waals surface area contributed by atoms with Crippen LogP contribution in [-0.4, -0.2) is 117 Å². The molecule has 0 heterocycles. The van der Waals surface area contributed by atoms with Crippen LogP contribution in [0, 0.1) is 0 Å². The summed E-state index contributed by atoms with van der Waals surface area (Å²) in [6.07, 6.45) is -1.70. The van der Waals surface area contributed by atoms with E-state index >= 15 is 0 Å². The SMILES string of the molecule is O=C(O)CC(NC(CC(=O)O)C(=O)O)C(=O)O.[Ca].[Mg]. The van der Waals surface area contributed by atoms with Gasteiger partial charge in [0.05, 0.1) is 12.8 Å². The van der Waals surface area contributed by atoms with Crippen LogP contribution in [-0.2, 0) is 19.2 Å². The molecule has 0 aromatic heterocycles. The van der Waals surface area contributed by atoms with E-state index in [-0.39, 0.29) is 60.8 Å². The van der Waals surface area contributed by atoms with Crippen LogP contribution in [0.4, 0.5) is 0 Å². The van der Waals surface area contributed by atoms with Crippen LogP contribution in [0.5, 0.6) is 0 Å². The minimum atomic E-state index is -1.66. The fraction of sp³-hybridized carbons (Fsp3) is 0.500. The van der Waals surface area contributed by atoms with Crippen LogP contribution in [0.3, 0.4) is 0 Å². The third kappa shape index (κ3) is 11.4. The van der Waals surface area contributed by atoms with Gasteiger partial charge >= 0.3 is 23.9 Å². The van der Waals surface area contributed by atoms with E-state index in [1.807, 2.05) is 5.32 Å². The number of carboxylic acid groups (broad SMARTS) is 4. The van der Waals surface area contributed by atoms with Gasteiger partial charge in [-0.05, 0) is 0 Å². The van der Waals surface area contributed by atoms with Crippen molar-refractivity contribution >= 4 is 84.7 Å². The second kappa shape index (κ2) is 11.7. The normalized spacial score (nSPS) is 12.2. The summed E-state index contributed by atoms with van der Waals surface area (Å²) in [5.74, 6) is -6.01. The van der Waals surface area contributed by atoms with Gasteiger partial charge in [-0.3, -0.25) is 24.5 Å². The molecule has 2 atom stereocenters. The average molecular weight is 314 g/mol. The maximum Gasteiger partial charge on any atom is 0.321 e. The van der Waals surface area contributed by atoms with Crippen LogP contribution < -0.4 is 5.32 Å². The zero-order valence-electron chi connectivity index (χ0n) is 9.90. The van der Waals surface area contributed by atoms with Gasteiger partial charge in [0.1, 0.15) is 12.1 Å². The van der Waals surface area contributed by atoms with Crippen molar-refractivity contribution in [3.63, 3.8) is 0 Å². The summed E-state index contributed by atoms with van der Waals surface area (Å²) in [6, 6.07) is -3.32. The Morgan fingerprint density at radius 1 is 0.789 bits per heavy atom. The van der Waals surface area contributed by atoms with Gasteiger partial charge in [0.15, 0.2) is 0 Å². The summed E-state index contributed by atoms with van der Waals surface area (Å²) in [5, 5.41) is 36.0. The molecule has 5 N–H and O–H groups in total. The Bertz CT molecular complexity index is 318. The summed E-state index contributed by atoms with van der Waals surface area (Å²) in [7, 11) is 0. The molecule has 0 aliphatic carbocycles. The van der Waals surface area contributed by atoms with Crippen molar-refractivity contribution < 1.29 is 39.6 Å². The maximum absolute atomic E-state index is 10.6. The smallest absolute Gasteiger partial charge is 0.321 e. The van der Waals surface area contributed by atoms with Gasteiger partial charge in [0, 0.05) is 60.8 Å². The van der Waals surface area contributed by atoms with Crippen molar-refractivity contribution in [1.82, 2.24) is 5.32 Å². The molecular formula is C8H11CaMgNO8. The minimum Gasteiger partial charge on any atom is -0.481 e. The number of carbonyl (C=O) groups is 4. The van der Waals surface area contributed by atoms with Gasteiger partial charge in [0.2, 0.25) is 0 Å². The Hall–Kier alpha value is -0.134. The molecule has 0 aromatic rings. The molecule has 0 aliphatic heterocycles. The van der Waals surface area contributed by atoms with Crippen LogP contribution in [0.15, 0.2) is 0 Å². The van der Waals surface area contributed by atoms with Gasteiger partial charge in [0.25, 0.3) is 0 Å². The zero-order chi connectivity index (χ0) is 13.6. The number of carboxylic acids is 4. The van der Waals surface area contributed by atoms with Crippen molar-refractivity contribution in [2.45, 2.75) is 24.9 Å². The quantitative estimate of drug-likeness (QED) is 0.309. The van der Waals surface area contributed by atoms with Crippen LogP contribution in [0.25, 0.3) is 0 Å². The summed E-state index contributed by atoms with van der Waals surface area (Å²) in [6.45, 7) is 0. The molecule has 100 valence electrons. The number of hydrogen-bond donors (Lipinski definition) is 5. The molecule has 0 fully saturated rings. The molecule has 19 heavy (non-hydrogen) atoms. The predicted octanol–water partition coefficient (Wildman–Crippen LogP) is -2.33. The van der Waals surface area contributed by atoms with Gasteiger partial charge in [-0.1, -0.05) is 0 Å². The van der Waals surface area contributed by atoms with Gasteiger partial charge in [-0.25, -0.2) is 0 Å². The van der Waals surface area contributed by atoms with Crippen LogP contribution in [0.1, 0.15) is 12.8 Å². The third-order valence-corrected chi connectivity index (χ3v) is 1.76. The van der Waals surface area contributed by atoms with E-state index < -0.39 is 48.8 Å². The average Bonchev–Trinajstić information content (AvgIpc) is 2.13. The van der Waals surface area contributed by atoms with E-state index in [1.54, 1.807) is 0 Å². The van der Waals surface area contributed by atoms with Crippen molar-refractivity contribution in [3.8, 4) is 0 Å². The molecule has 0 spiro atoms. The third-order valence-electron chi connectivity index (χ3n) is 1.76. The first kappa shape index (κ1) is 23.9. The summed E-state index contributed by atoms with van der Waals surface area (Å²) >= 11 is 0. The zero-order valence-corrected chi connectivity index (χ0v) is 13.5. The Balaban J connectivity index is -0.00000128. The molecule has 0 saturated heterocycles. The van der Waals surface area contributed by atoms with Crippen molar-refractivity contribution in [1.29, 1.82) is 0 Å². The molecule has 0 saturated carbocycles. The first-order valence-corrected chi connectivity index (χ1v) is 4.39. The van der Waals surface area contributed by atoms with Crippen LogP contribution in [0.2, 0.25) is 0 Å². The minimum absolute atomic E-state index is 0. The standard InChI is InChI=1S/C8H11NO8.Ca.Mg/c10-5(11)1-3(7(14)15)9-4(8(16)17)2-6(12)13;;/h3-4,9H,1-2H2,(H,10,11)(H,12,13)(H,14,15)(H,16,17);;. The largest absolute Gasteiger partial charge is 0.481 e. The molecule has 0 aromatic carbocycles. The molecule has 4 radical (unpaired) electrons. The molecule has 9 nitrogen and oxygen atoms in total. The van der Waals surface area contributed by atoms with Gasteiger partial charge < -0.3 is 20.4 Å². The van der Waals surface area contributed by atoms with E-state index in [2.05, 4.69) is 0 Å². The van der Waals surface area contributed by atoms with Gasteiger partial charge in [-0.15, -0.1) is 0 Å². The number of rotatable bonds is 8. The van der Waals surface area contributed by atoms with Crippen LogP contribution >= 0.6 is 0 Å². The summed E-state index contributed by atoms with van der Waals surface area (Å²) in [5.41, 5.74) is 0. The maximum atomic E-state index is 10.6. The van der Waals surface area contributed by atoms with Gasteiger partial charge in [-0.2, -0.15) is 0 Å². The second-order valence-electron chi connectivity index (χ2n) is 3.14. The Morgan fingerprint density at radius 3 is 1.21 bits per heavy atom. The van der Waals surface area contributed by atoms with Crippen molar-refractivity contribution in [2.75, 3.05) is 0 Å². The van der Waals surface area contributed by atoms with Crippen molar-refractivity contribution in [3.05, 3.63) is 0 Å². The Kier molecular flexibility index (Phi) is 14.7. The van der Waals surface area contributed by atoms with Crippen molar-refractivity contribution in [2.24, 2.45) is 0 Å². The monoisotopic (exact) mass is 313 g/mol. The molecule has 0 rings (SSSR count). The number of hydrogen-bond acceptors (Lipinski definition) is 5. The summed E-state index contributed by atoms with van der Waals surface area (Å²) in [4.78, 5) is 41.9. The fourth-order valence-electron chi connectivity index (χ4n) is 1.03. The topological polar surface area (TPSA) is 161 Å². The first-order chi connectivity index (χ1) is 7.73.